The van der Waals surface area contributed by atoms with Crippen LogP contribution in [0.1, 0.15) is 6.42 Å². The van der Waals surface area contributed by atoms with Crippen LogP contribution >= 0.6 is 0 Å². The van der Waals surface area contributed by atoms with E-state index >= 15 is 0 Å². The molecule has 0 radical (unpaired) electrons. The molecule has 3 N–H and O–H groups in total. The number of rotatable bonds is 2. The predicted octanol–water partition coefficient (Wildman–Crippen LogP) is 1.97. The highest BCUT2D eigenvalue weighted by molar-refractivity contribution is 5.79. The lowest BCUT2D eigenvalue weighted by molar-refractivity contribution is 0.297. The summed E-state index contributed by atoms with van der Waals surface area (Å²) in [5, 5.41) is 6.59. The van der Waals surface area contributed by atoms with Gasteiger partial charge in [-0.15, -0.1) is 0 Å². The SMILES string of the molecule is COc1c(F)cc2c(c1-c1cc(N)n[nH]1)OCCCO2. The van der Waals surface area contributed by atoms with Gasteiger partial charge in [0.2, 0.25) is 0 Å². The molecule has 0 saturated carbocycles. The third kappa shape index (κ3) is 2.01. The molecule has 7 heteroatoms. The quantitative estimate of drug-likeness (QED) is 0.878. The van der Waals surface area contributed by atoms with Crippen molar-refractivity contribution >= 4 is 5.82 Å². The summed E-state index contributed by atoms with van der Waals surface area (Å²) in [6.07, 6.45) is 0.725. The van der Waals surface area contributed by atoms with E-state index in [1.54, 1.807) is 6.07 Å². The van der Waals surface area contributed by atoms with Crippen molar-refractivity contribution < 1.29 is 18.6 Å². The van der Waals surface area contributed by atoms with Crippen LogP contribution < -0.4 is 19.9 Å². The predicted molar refractivity (Wildman–Crippen MR) is 70.6 cm³/mol. The Balaban J connectivity index is 2.26. The Labute approximate surface area is 114 Å². The number of nitrogens with two attached hydrogens (primary N) is 1. The highest BCUT2D eigenvalue weighted by Crippen LogP contribution is 2.46. The molecule has 3 rings (SSSR count). The number of fused-ring (bicyclic) bond motifs is 1. The largest absolute Gasteiger partial charge is 0.493 e. The Morgan fingerprint density at radius 1 is 1.35 bits per heavy atom. The molecule has 20 heavy (non-hydrogen) atoms. The molecule has 2 heterocycles. The molecule has 0 spiro atoms. The van der Waals surface area contributed by atoms with E-state index in [1.807, 2.05) is 0 Å². The summed E-state index contributed by atoms with van der Waals surface area (Å²) in [5.41, 5.74) is 6.54. The first-order chi connectivity index (χ1) is 9.70. The zero-order valence-electron chi connectivity index (χ0n) is 10.9. The lowest BCUT2D eigenvalue weighted by Gasteiger charge is -2.15. The van der Waals surface area contributed by atoms with Crippen molar-refractivity contribution in [3.8, 4) is 28.5 Å². The molecule has 0 amide bonds. The first-order valence-corrected chi connectivity index (χ1v) is 6.18. The number of methoxy groups -OCH3 is 1. The lowest BCUT2D eigenvalue weighted by Crippen LogP contribution is -2.00. The number of benzene rings is 1. The summed E-state index contributed by atoms with van der Waals surface area (Å²) < 4.78 is 30.5. The van der Waals surface area contributed by atoms with Crippen molar-refractivity contribution in [2.45, 2.75) is 6.42 Å². The van der Waals surface area contributed by atoms with Gasteiger partial charge in [-0.1, -0.05) is 0 Å². The van der Waals surface area contributed by atoms with Gasteiger partial charge in [0.1, 0.15) is 5.82 Å². The first kappa shape index (κ1) is 12.6. The highest BCUT2D eigenvalue weighted by atomic mass is 19.1. The molecular weight excluding hydrogens is 265 g/mol. The number of nitrogens with one attached hydrogen (secondary N) is 1. The Bertz CT molecular complexity index is 642. The third-order valence-corrected chi connectivity index (χ3v) is 3.02. The summed E-state index contributed by atoms with van der Waals surface area (Å²) in [6.45, 7) is 0.960. The van der Waals surface area contributed by atoms with E-state index < -0.39 is 5.82 Å². The molecule has 2 aromatic rings. The second-order valence-electron chi connectivity index (χ2n) is 4.35. The summed E-state index contributed by atoms with van der Waals surface area (Å²) >= 11 is 0. The van der Waals surface area contributed by atoms with Crippen LogP contribution in [0, 0.1) is 5.82 Å². The smallest absolute Gasteiger partial charge is 0.174 e. The number of hydrogen-bond donors (Lipinski definition) is 2. The van der Waals surface area contributed by atoms with E-state index in [0.717, 1.165) is 6.42 Å². The van der Waals surface area contributed by atoms with E-state index in [4.69, 9.17) is 19.9 Å². The topological polar surface area (TPSA) is 82.4 Å². The average Bonchev–Trinajstić information content (AvgIpc) is 2.72. The molecule has 6 nitrogen and oxygen atoms in total. The van der Waals surface area contributed by atoms with Crippen molar-refractivity contribution in [3.63, 3.8) is 0 Å². The second-order valence-corrected chi connectivity index (χ2v) is 4.35. The molecular formula is C13H14FN3O3. The van der Waals surface area contributed by atoms with Crippen LogP contribution in [0.3, 0.4) is 0 Å². The third-order valence-electron chi connectivity index (χ3n) is 3.02. The number of hydrogen-bond acceptors (Lipinski definition) is 5. The minimum atomic E-state index is -0.528. The fourth-order valence-electron chi connectivity index (χ4n) is 2.17. The Morgan fingerprint density at radius 2 is 2.15 bits per heavy atom. The fourth-order valence-corrected chi connectivity index (χ4v) is 2.17. The molecule has 0 bridgehead atoms. The number of halogens is 1. The van der Waals surface area contributed by atoms with Crippen LogP contribution in [0.25, 0.3) is 11.3 Å². The number of anilines is 1. The number of aromatic nitrogens is 2. The highest BCUT2D eigenvalue weighted by Gasteiger charge is 2.25. The van der Waals surface area contributed by atoms with Gasteiger partial charge in [0.25, 0.3) is 0 Å². The number of nitrogen functional groups attached to an aromatic ring is 1. The van der Waals surface area contributed by atoms with Crippen molar-refractivity contribution in [2.75, 3.05) is 26.1 Å². The van der Waals surface area contributed by atoms with Gasteiger partial charge in [0.05, 0.1) is 31.6 Å². The summed E-state index contributed by atoms with van der Waals surface area (Å²) in [4.78, 5) is 0. The minimum Gasteiger partial charge on any atom is -0.493 e. The van der Waals surface area contributed by atoms with Crippen LogP contribution in [-0.4, -0.2) is 30.5 Å². The maximum atomic E-state index is 14.1. The monoisotopic (exact) mass is 279 g/mol. The van der Waals surface area contributed by atoms with E-state index in [0.29, 0.717) is 41.8 Å². The van der Waals surface area contributed by atoms with Gasteiger partial charge in [0.15, 0.2) is 23.1 Å². The van der Waals surface area contributed by atoms with E-state index in [-0.39, 0.29) is 5.75 Å². The van der Waals surface area contributed by atoms with Gasteiger partial charge in [-0.2, -0.15) is 5.10 Å². The van der Waals surface area contributed by atoms with Gasteiger partial charge >= 0.3 is 0 Å². The molecule has 0 unspecified atom stereocenters. The molecule has 1 aliphatic heterocycles. The van der Waals surface area contributed by atoms with Crippen LogP contribution in [0.2, 0.25) is 0 Å². The molecule has 0 saturated heterocycles. The van der Waals surface area contributed by atoms with Gasteiger partial charge < -0.3 is 19.9 Å². The van der Waals surface area contributed by atoms with Crippen molar-refractivity contribution in [1.29, 1.82) is 0 Å². The first-order valence-electron chi connectivity index (χ1n) is 6.18. The number of ether oxygens (including phenoxy) is 3. The molecule has 1 aromatic carbocycles. The summed E-state index contributed by atoms with van der Waals surface area (Å²) in [6, 6.07) is 2.86. The summed E-state index contributed by atoms with van der Waals surface area (Å²) in [7, 11) is 1.39. The summed E-state index contributed by atoms with van der Waals surface area (Å²) in [5.74, 6) is 0.626. The van der Waals surface area contributed by atoms with Gasteiger partial charge in [0, 0.05) is 18.6 Å². The van der Waals surface area contributed by atoms with Crippen molar-refractivity contribution in [2.24, 2.45) is 0 Å². The van der Waals surface area contributed by atoms with Crippen LogP contribution in [-0.2, 0) is 0 Å². The van der Waals surface area contributed by atoms with Gasteiger partial charge in [-0.05, 0) is 0 Å². The van der Waals surface area contributed by atoms with Crippen LogP contribution in [0.4, 0.5) is 10.2 Å². The van der Waals surface area contributed by atoms with E-state index in [2.05, 4.69) is 10.2 Å². The Morgan fingerprint density at radius 3 is 2.85 bits per heavy atom. The fraction of sp³-hybridized carbons (Fsp3) is 0.308. The zero-order chi connectivity index (χ0) is 14.1. The molecule has 0 fully saturated rings. The van der Waals surface area contributed by atoms with Gasteiger partial charge in [-0.25, -0.2) is 4.39 Å². The number of aromatic amines is 1. The molecule has 0 atom stereocenters. The minimum absolute atomic E-state index is 0.0675. The van der Waals surface area contributed by atoms with Crippen molar-refractivity contribution in [3.05, 3.63) is 17.9 Å². The number of nitrogens with zero attached hydrogens (tertiary/aromatic N) is 1. The average molecular weight is 279 g/mol. The van der Waals surface area contributed by atoms with Crippen LogP contribution in [0.5, 0.6) is 17.2 Å². The molecule has 1 aromatic heterocycles. The van der Waals surface area contributed by atoms with E-state index in [9.17, 15) is 4.39 Å². The van der Waals surface area contributed by atoms with Gasteiger partial charge in [-0.3, -0.25) is 5.10 Å². The molecule has 0 aliphatic carbocycles. The Kier molecular flexibility index (Phi) is 3.09. The number of H-pyrrole nitrogens is 1. The maximum Gasteiger partial charge on any atom is 0.174 e. The second kappa shape index (κ2) is 4.92. The molecule has 1 aliphatic rings. The van der Waals surface area contributed by atoms with Crippen LogP contribution in [0.15, 0.2) is 12.1 Å². The normalized spacial score (nSPS) is 13.9. The standard InChI is InChI=1S/C13H14FN3O3/c1-18-12-7(14)5-9-13(20-4-2-3-19-9)11(12)8-6-10(15)17-16-8/h5-6H,2-4H2,1H3,(H3,15,16,17). The lowest BCUT2D eigenvalue weighted by atomic mass is 10.1. The Hall–Kier alpha value is -2.44. The van der Waals surface area contributed by atoms with Crippen molar-refractivity contribution in [1.82, 2.24) is 10.2 Å². The molecule has 106 valence electrons. The zero-order valence-corrected chi connectivity index (χ0v) is 10.9. The maximum absolute atomic E-state index is 14.1. The van der Waals surface area contributed by atoms with E-state index in [1.165, 1.54) is 13.2 Å².